The lowest BCUT2D eigenvalue weighted by Gasteiger charge is -2.14. The van der Waals surface area contributed by atoms with Gasteiger partial charge in [-0.1, -0.05) is 0 Å². The lowest BCUT2D eigenvalue weighted by Crippen LogP contribution is -2.26. The zero-order chi connectivity index (χ0) is 32.7. The summed E-state index contributed by atoms with van der Waals surface area (Å²) >= 11 is 0. The van der Waals surface area contributed by atoms with Gasteiger partial charge in [0.2, 0.25) is 23.5 Å². The van der Waals surface area contributed by atoms with E-state index in [2.05, 4.69) is 20.7 Å². The van der Waals surface area contributed by atoms with Gasteiger partial charge in [-0.25, -0.2) is 4.98 Å². The van der Waals surface area contributed by atoms with Crippen molar-refractivity contribution in [3.8, 4) is 23.0 Å². The molecule has 45 heavy (non-hydrogen) atoms. The number of hydrogen-bond donors (Lipinski definition) is 3. The number of aromatic nitrogens is 4. The first-order chi connectivity index (χ1) is 21.6. The van der Waals surface area contributed by atoms with E-state index in [1.807, 2.05) is 26.0 Å². The van der Waals surface area contributed by atoms with Crippen molar-refractivity contribution in [1.29, 1.82) is 0 Å². The minimum Gasteiger partial charge on any atom is -0.494 e. The van der Waals surface area contributed by atoms with Gasteiger partial charge in [0.15, 0.2) is 11.5 Å². The average Bonchev–Trinajstić information content (AvgIpc) is 3.59. The number of carbonyl (C=O) groups excluding carboxylic acids is 3. The molecule has 4 N–H and O–H groups in total. The summed E-state index contributed by atoms with van der Waals surface area (Å²) in [7, 11) is 6.10. The first-order valence-corrected chi connectivity index (χ1v) is 14.4. The fourth-order valence-electron chi connectivity index (χ4n) is 5.07. The van der Waals surface area contributed by atoms with Crippen LogP contribution >= 0.6 is 0 Å². The Kier molecular flexibility index (Phi) is 10.5. The molecule has 2 heterocycles. The van der Waals surface area contributed by atoms with Gasteiger partial charge >= 0.3 is 0 Å². The molecule has 14 heteroatoms. The molecule has 0 aliphatic carbocycles. The van der Waals surface area contributed by atoms with Crippen LogP contribution < -0.4 is 35.3 Å². The van der Waals surface area contributed by atoms with E-state index < -0.39 is 5.91 Å². The van der Waals surface area contributed by atoms with Crippen molar-refractivity contribution in [3.05, 3.63) is 52.8 Å². The molecule has 2 aromatic carbocycles. The second-order valence-corrected chi connectivity index (χ2v) is 10.2. The highest BCUT2D eigenvalue weighted by molar-refractivity contribution is 6.04. The number of carbonyl (C=O) groups is 3. The number of aryl methyl sites for hydroxylation is 4. The number of benzene rings is 2. The van der Waals surface area contributed by atoms with Crippen molar-refractivity contribution in [1.82, 2.24) is 24.6 Å². The molecule has 240 valence electrons. The van der Waals surface area contributed by atoms with E-state index in [4.69, 9.17) is 24.7 Å². The second kappa shape index (κ2) is 14.5. The molecule has 0 aliphatic heterocycles. The molecule has 0 saturated heterocycles. The number of nitrogens with one attached hydrogen (secondary N) is 2. The van der Waals surface area contributed by atoms with Crippen LogP contribution in [-0.4, -0.2) is 72.0 Å². The van der Waals surface area contributed by atoms with E-state index in [0.717, 1.165) is 5.56 Å². The zero-order valence-electron chi connectivity index (χ0n) is 26.4. The fraction of sp³-hybridized carbons (Fsp3) is 0.387. The minimum absolute atomic E-state index is 0.125. The topological polar surface area (TPSA) is 174 Å². The summed E-state index contributed by atoms with van der Waals surface area (Å²) in [5.74, 6) is 1.02. The van der Waals surface area contributed by atoms with Crippen LogP contribution in [0.5, 0.6) is 23.0 Å². The Labute approximate surface area is 260 Å². The van der Waals surface area contributed by atoms with Crippen LogP contribution in [-0.2, 0) is 24.3 Å². The Morgan fingerprint density at radius 1 is 0.933 bits per heavy atom. The maximum absolute atomic E-state index is 13.3. The highest BCUT2D eigenvalue weighted by Crippen LogP contribution is 2.38. The number of nitrogens with zero attached hydrogens (tertiary/aromatic N) is 4. The Hall–Kier alpha value is -5.27. The standard InChI is InChI=1S/C31H39N7O7/c1-7-38-22(13-18(2)36-38)30(41)35-31-34-21-16-20(29(32)40)17-23(42-3)27(21)37(31)12-8-11-33-26(39)10-9-19-14-24(43-4)28(45-6)25(15-19)44-5/h13-17H,7-12H2,1-6H3,(H2,32,40)(H,33,39)(H,34,35,41). The first-order valence-electron chi connectivity index (χ1n) is 14.4. The third-order valence-electron chi connectivity index (χ3n) is 7.22. The third kappa shape index (κ3) is 7.28. The number of nitrogens with two attached hydrogens (primary N) is 1. The highest BCUT2D eigenvalue weighted by atomic mass is 16.5. The highest BCUT2D eigenvalue weighted by Gasteiger charge is 2.22. The van der Waals surface area contributed by atoms with E-state index in [0.29, 0.717) is 77.9 Å². The summed E-state index contributed by atoms with van der Waals surface area (Å²) in [6.45, 7) is 4.96. The normalized spacial score (nSPS) is 10.9. The van der Waals surface area contributed by atoms with Crippen molar-refractivity contribution in [2.45, 2.75) is 46.2 Å². The van der Waals surface area contributed by atoms with Crippen LogP contribution in [0.1, 0.15) is 51.9 Å². The Bertz CT molecular complexity index is 1690. The smallest absolute Gasteiger partial charge is 0.276 e. The maximum atomic E-state index is 13.3. The van der Waals surface area contributed by atoms with Gasteiger partial charge in [-0.05, 0) is 62.6 Å². The van der Waals surface area contributed by atoms with Gasteiger partial charge in [0.25, 0.3) is 5.91 Å². The van der Waals surface area contributed by atoms with Crippen LogP contribution in [0.4, 0.5) is 5.95 Å². The molecular weight excluding hydrogens is 582 g/mol. The summed E-state index contributed by atoms with van der Waals surface area (Å²) in [5.41, 5.74) is 8.72. The molecule has 4 rings (SSSR count). The quantitative estimate of drug-likeness (QED) is 0.169. The summed E-state index contributed by atoms with van der Waals surface area (Å²) in [5, 5.41) is 10.2. The number of primary amides is 1. The van der Waals surface area contributed by atoms with E-state index in [9.17, 15) is 14.4 Å². The molecule has 2 aromatic heterocycles. The van der Waals surface area contributed by atoms with Crippen molar-refractivity contribution < 1.29 is 33.3 Å². The van der Waals surface area contributed by atoms with E-state index in [-0.39, 0.29) is 29.7 Å². The fourth-order valence-corrected chi connectivity index (χ4v) is 5.07. The SMILES string of the molecule is CCn1nc(C)cc1C(=O)Nc1nc2cc(C(N)=O)cc(OC)c2n1CCCNC(=O)CCc1cc(OC)c(OC)c(OC)c1. The summed E-state index contributed by atoms with van der Waals surface area (Å²) < 4.78 is 25.1. The maximum Gasteiger partial charge on any atom is 0.276 e. The number of rotatable bonds is 15. The minimum atomic E-state index is -0.633. The molecule has 0 fully saturated rings. The molecular formula is C31H39N7O7. The third-order valence-corrected chi connectivity index (χ3v) is 7.22. The first kappa shape index (κ1) is 32.6. The Morgan fingerprint density at radius 3 is 2.22 bits per heavy atom. The summed E-state index contributed by atoms with van der Waals surface area (Å²) in [6, 6.07) is 8.43. The monoisotopic (exact) mass is 621 g/mol. The van der Waals surface area contributed by atoms with Gasteiger partial charge in [-0.3, -0.25) is 24.4 Å². The zero-order valence-corrected chi connectivity index (χ0v) is 26.4. The van der Waals surface area contributed by atoms with Crippen LogP contribution in [0.15, 0.2) is 30.3 Å². The molecule has 0 radical (unpaired) electrons. The van der Waals surface area contributed by atoms with Crippen LogP contribution in [0, 0.1) is 6.92 Å². The lowest BCUT2D eigenvalue weighted by atomic mass is 10.1. The van der Waals surface area contributed by atoms with Crippen molar-refractivity contribution >= 4 is 34.7 Å². The largest absolute Gasteiger partial charge is 0.494 e. The second-order valence-electron chi connectivity index (χ2n) is 10.2. The predicted molar refractivity (Wildman–Crippen MR) is 167 cm³/mol. The van der Waals surface area contributed by atoms with E-state index in [1.165, 1.54) is 20.3 Å². The van der Waals surface area contributed by atoms with Crippen molar-refractivity contribution in [2.75, 3.05) is 40.3 Å². The summed E-state index contributed by atoms with van der Waals surface area (Å²) in [4.78, 5) is 42.5. The Morgan fingerprint density at radius 2 is 1.62 bits per heavy atom. The molecule has 0 unspecified atom stereocenters. The molecule has 3 amide bonds. The van der Waals surface area contributed by atoms with Gasteiger partial charge in [-0.15, -0.1) is 0 Å². The molecule has 0 atom stereocenters. The van der Waals surface area contributed by atoms with Crippen molar-refractivity contribution in [2.24, 2.45) is 5.73 Å². The number of fused-ring (bicyclic) bond motifs is 1. The van der Waals surface area contributed by atoms with Crippen LogP contribution in [0.2, 0.25) is 0 Å². The van der Waals surface area contributed by atoms with Gasteiger partial charge in [0.05, 0.1) is 39.6 Å². The van der Waals surface area contributed by atoms with Gasteiger partial charge in [-0.2, -0.15) is 5.10 Å². The van der Waals surface area contributed by atoms with E-state index >= 15 is 0 Å². The number of hydrogen-bond acceptors (Lipinski definition) is 9. The number of ether oxygens (including phenoxy) is 4. The van der Waals surface area contributed by atoms with E-state index in [1.54, 1.807) is 35.6 Å². The lowest BCUT2D eigenvalue weighted by molar-refractivity contribution is -0.121. The number of amides is 3. The molecule has 4 aromatic rings. The molecule has 0 bridgehead atoms. The predicted octanol–water partition coefficient (Wildman–Crippen LogP) is 3.09. The van der Waals surface area contributed by atoms with Crippen LogP contribution in [0.25, 0.3) is 11.0 Å². The molecule has 0 aliphatic rings. The van der Waals surface area contributed by atoms with Gasteiger partial charge < -0.3 is 34.6 Å². The number of methoxy groups -OCH3 is 4. The Balaban J connectivity index is 1.48. The molecule has 0 spiro atoms. The van der Waals surface area contributed by atoms with Crippen molar-refractivity contribution in [3.63, 3.8) is 0 Å². The van der Waals surface area contributed by atoms with Gasteiger partial charge in [0.1, 0.15) is 17.0 Å². The van der Waals surface area contributed by atoms with Gasteiger partial charge in [0, 0.05) is 31.6 Å². The molecule has 0 saturated carbocycles. The number of imidazole rings is 1. The average molecular weight is 622 g/mol. The number of anilines is 1. The molecule has 14 nitrogen and oxygen atoms in total. The van der Waals surface area contributed by atoms with Crippen LogP contribution in [0.3, 0.4) is 0 Å². The summed E-state index contributed by atoms with van der Waals surface area (Å²) in [6.07, 6.45) is 1.23.